The number of nitrogens with one attached hydrogen (secondary N) is 2. The van der Waals surface area contributed by atoms with E-state index in [9.17, 15) is 9.59 Å². The molecule has 0 atom stereocenters. The van der Waals surface area contributed by atoms with Gasteiger partial charge in [-0.05, 0) is 55.3 Å². The van der Waals surface area contributed by atoms with Crippen LogP contribution < -0.4 is 20.1 Å². The Labute approximate surface area is 158 Å². The Bertz CT molecular complexity index is 872. The summed E-state index contributed by atoms with van der Waals surface area (Å²) in [4.78, 5) is 24.3. The second kappa shape index (κ2) is 8.40. The fourth-order valence-electron chi connectivity index (χ4n) is 2.55. The molecular weight excluding hydrogens is 344 g/mol. The van der Waals surface area contributed by atoms with Crippen molar-refractivity contribution in [1.29, 1.82) is 0 Å². The lowest BCUT2D eigenvalue weighted by atomic mass is 10.1. The van der Waals surface area contributed by atoms with Crippen LogP contribution in [0.4, 0.5) is 5.69 Å². The van der Waals surface area contributed by atoms with Crippen LogP contribution in [0.3, 0.4) is 0 Å². The van der Waals surface area contributed by atoms with Crippen molar-refractivity contribution in [1.82, 2.24) is 5.32 Å². The van der Waals surface area contributed by atoms with Crippen LogP contribution in [-0.2, 0) is 4.79 Å². The summed E-state index contributed by atoms with van der Waals surface area (Å²) >= 11 is 0. The van der Waals surface area contributed by atoms with Gasteiger partial charge in [0.25, 0.3) is 5.91 Å². The van der Waals surface area contributed by atoms with Crippen LogP contribution in [-0.4, -0.2) is 32.1 Å². The molecule has 0 bridgehead atoms. The average molecular weight is 366 g/mol. The lowest BCUT2D eigenvalue weighted by Crippen LogP contribution is -2.25. The van der Waals surface area contributed by atoms with Gasteiger partial charge < -0.3 is 20.1 Å². The summed E-state index contributed by atoms with van der Waals surface area (Å²) in [6, 6.07) is 12.5. The lowest BCUT2D eigenvalue weighted by molar-refractivity contribution is -0.111. The van der Waals surface area contributed by atoms with Crippen molar-refractivity contribution < 1.29 is 19.1 Å². The van der Waals surface area contributed by atoms with Crippen LogP contribution in [0.15, 0.2) is 48.5 Å². The predicted molar refractivity (Wildman–Crippen MR) is 104 cm³/mol. The SMILES string of the molecule is COc1ccc(OC)c(C=CC(=O)Nc2cccc(C(=O)NC3CC3)c2)c1. The topological polar surface area (TPSA) is 76.7 Å². The molecule has 2 N–H and O–H groups in total. The first-order valence-electron chi connectivity index (χ1n) is 8.71. The van der Waals surface area contributed by atoms with Gasteiger partial charge in [-0.3, -0.25) is 9.59 Å². The van der Waals surface area contributed by atoms with E-state index in [1.807, 2.05) is 0 Å². The van der Waals surface area contributed by atoms with Gasteiger partial charge in [-0.15, -0.1) is 0 Å². The van der Waals surface area contributed by atoms with Crippen LogP contribution in [0.25, 0.3) is 6.08 Å². The summed E-state index contributed by atoms with van der Waals surface area (Å²) in [7, 11) is 3.14. The van der Waals surface area contributed by atoms with E-state index in [1.165, 1.54) is 6.08 Å². The van der Waals surface area contributed by atoms with Crippen molar-refractivity contribution in [2.45, 2.75) is 18.9 Å². The standard InChI is InChI=1S/C21H22N2O4/c1-26-18-9-10-19(27-2)14(13-18)6-11-20(24)22-17-5-3-4-15(12-17)21(25)23-16-7-8-16/h3-6,9-13,16H,7-8H2,1-2H3,(H,22,24)(H,23,25). The minimum atomic E-state index is -0.306. The lowest BCUT2D eigenvalue weighted by Gasteiger charge is -2.08. The Morgan fingerprint density at radius 3 is 2.59 bits per heavy atom. The predicted octanol–water partition coefficient (Wildman–Crippen LogP) is 3.25. The molecule has 3 rings (SSSR count). The maximum atomic E-state index is 12.2. The molecule has 6 nitrogen and oxygen atoms in total. The summed E-state index contributed by atoms with van der Waals surface area (Å²) in [5, 5.41) is 5.69. The summed E-state index contributed by atoms with van der Waals surface area (Å²) in [6.45, 7) is 0. The molecule has 1 fully saturated rings. The first-order chi connectivity index (χ1) is 13.1. The Kier molecular flexibility index (Phi) is 5.76. The van der Waals surface area contributed by atoms with Gasteiger partial charge in [0.1, 0.15) is 11.5 Å². The van der Waals surface area contributed by atoms with E-state index in [2.05, 4.69) is 10.6 Å². The zero-order chi connectivity index (χ0) is 19.2. The highest BCUT2D eigenvalue weighted by Crippen LogP contribution is 2.25. The number of anilines is 1. The molecule has 0 aliphatic heterocycles. The molecule has 0 aromatic heterocycles. The Hall–Kier alpha value is -3.28. The van der Waals surface area contributed by atoms with Gasteiger partial charge in [0.2, 0.25) is 5.91 Å². The van der Waals surface area contributed by atoms with E-state index >= 15 is 0 Å². The molecule has 6 heteroatoms. The molecule has 0 radical (unpaired) electrons. The molecule has 140 valence electrons. The highest BCUT2D eigenvalue weighted by molar-refractivity contribution is 6.03. The zero-order valence-corrected chi connectivity index (χ0v) is 15.3. The highest BCUT2D eigenvalue weighted by Gasteiger charge is 2.23. The Morgan fingerprint density at radius 2 is 1.89 bits per heavy atom. The molecule has 1 saturated carbocycles. The van der Waals surface area contributed by atoms with E-state index in [-0.39, 0.29) is 17.9 Å². The number of methoxy groups -OCH3 is 2. The van der Waals surface area contributed by atoms with E-state index in [1.54, 1.807) is 62.8 Å². The molecule has 1 aliphatic rings. The van der Waals surface area contributed by atoms with Crippen molar-refractivity contribution >= 4 is 23.6 Å². The molecule has 2 amide bonds. The second-order valence-electron chi connectivity index (χ2n) is 6.26. The number of carbonyl (C=O) groups is 2. The molecule has 0 saturated heterocycles. The summed E-state index contributed by atoms with van der Waals surface area (Å²) < 4.78 is 10.5. The summed E-state index contributed by atoms with van der Waals surface area (Å²) in [6.07, 6.45) is 5.12. The number of amides is 2. The zero-order valence-electron chi connectivity index (χ0n) is 15.3. The smallest absolute Gasteiger partial charge is 0.251 e. The molecule has 2 aromatic carbocycles. The molecule has 27 heavy (non-hydrogen) atoms. The van der Waals surface area contributed by atoms with Crippen LogP contribution in [0.1, 0.15) is 28.8 Å². The quantitative estimate of drug-likeness (QED) is 0.738. The second-order valence-corrected chi connectivity index (χ2v) is 6.26. The third-order valence-corrected chi connectivity index (χ3v) is 4.16. The van der Waals surface area contributed by atoms with Gasteiger partial charge in [-0.1, -0.05) is 6.07 Å². The van der Waals surface area contributed by atoms with Crippen LogP contribution in [0.5, 0.6) is 11.5 Å². The van der Waals surface area contributed by atoms with Crippen LogP contribution >= 0.6 is 0 Å². The molecular formula is C21H22N2O4. The normalized spacial score (nSPS) is 13.3. The van der Waals surface area contributed by atoms with Crippen molar-refractivity contribution in [3.05, 3.63) is 59.7 Å². The minimum absolute atomic E-state index is 0.120. The molecule has 1 aliphatic carbocycles. The van der Waals surface area contributed by atoms with Gasteiger partial charge in [0.15, 0.2) is 0 Å². The van der Waals surface area contributed by atoms with Gasteiger partial charge in [0.05, 0.1) is 14.2 Å². The third kappa shape index (κ3) is 5.10. The van der Waals surface area contributed by atoms with E-state index in [0.717, 1.165) is 18.4 Å². The number of rotatable bonds is 7. The molecule has 0 spiro atoms. The number of hydrogen-bond acceptors (Lipinski definition) is 4. The molecule has 2 aromatic rings. The van der Waals surface area contributed by atoms with Crippen molar-refractivity contribution in [2.24, 2.45) is 0 Å². The van der Waals surface area contributed by atoms with Crippen LogP contribution in [0.2, 0.25) is 0 Å². The Morgan fingerprint density at radius 1 is 1.07 bits per heavy atom. The van der Waals surface area contributed by atoms with Gasteiger partial charge in [0, 0.05) is 28.9 Å². The number of benzene rings is 2. The van der Waals surface area contributed by atoms with Crippen molar-refractivity contribution in [3.8, 4) is 11.5 Å². The first kappa shape index (κ1) is 18.5. The Balaban J connectivity index is 1.67. The largest absolute Gasteiger partial charge is 0.497 e. The van der Waals surface area contributed by atoms with Gasteiger partial charge in [-0.2, -0.15) is 0 Å². The highest BCUT2D eigenvalue weighted by atomic mass is 16.5. The maximum Gasteiger partial charge on any atom is 0.251 e. The van der Waals surface area contributed by atoms with E-state index in [0.29, 0.717) is 22.7 Å². The number of carbonyl (C=O) groups excluding carboxylic acids is 2. The van der Waals surface area contributed by atoms with Crippen molar-refractivity contribution in [3.63, 3.8) is 0 Å². The number of hydrogen-bond donors (Lipinski definition) is 2. The summed E-state index contributed by atoms with van der Waals surface area (Å²) in [5.41, 5.74) is 1.81. The van der Waals surface area contributed by atoms with Crippen molar-refractivity contribution in [2.75, 3.05) is 19.5 Å². The summed E-state index contributed by atoms with van der Waals surface area (Å²) in [5.74, 6) is 0.883. The first-order valence-corrected chi connectivity index (χ1v) is 8.71. The van der Waals surface area contributed by atoms with E-state index in [4.69, 9.17) is 9.47 Å². The van der Waals surface area contributed by atoms with Gasteiger partial charge >= 0.3 is 0 Å². The van der Waals surface area contributed by atoms with Gasteiger partial charge in [-0.25, -0.2) is 0 Å². The maximum absolute atomic E-state index is 12.2. The number of ether oxygens (including phenoxy) is 2. The monoisotopic (exact) mass is 366 g/mol. The third-order valence-electron chi connectivity index (χ3n) is 4.16. The van der Waals surface area contributed by atoms with Crippen LogP contribution in [0, 0.1) is 0 Å². The average Bonchev–Trinajstić information content (AvgIpc) is 3.50. The minimum Gasteiger partial charge on any atom is -0.497 e. The fraction of sp³-hybridized carbons (Fsp3) is 0.238. The molecule has 0 unspecified atom stereocenters. The fourth-order valence-corrected chi connectivity index (χ4v) is 2.55. The molecule has 0 heterocycles. The van der Waals surface area contributed by atoms with E-state index < -0.39 is 0 Å².